The van der Waals surface area contributed by atoms with Gasteiger partial charge in [0.15, 0.2) is 0 Å². The van der Waals surface area contributed by atoms with Crippen molar-refractivity contribution in [2.75, 3.05) is 7.11 Å². The lowest BCUT2D eigenvalue weighted by Crippen LogP contribution is -2.59. The number of aryl methyl sites for hydroxylation is 1. The van der Waals surface area contributed by atoms with Crippen LogP contribution in [-0.4, -0.2) is 25.4 Å². The summed E-state index contributed by atoms with van der Waals surface area (Å²) in [7, 11) is 1.62. The zero-order valence-corrected chi connectivity index (χ0v) is 9.44. The molecular weight excluding hydrogens is 209 g/mol. The van der Waals surface area contributed by atoms with Gasteiger partial charge in [-0.25, -0.2) is 4.39 Å². The Kier molecular flexibility index (Phi) is 3.12. The van der Waals surface area contributed by atoms with Crippen molar-refractivity contribution >= 4 is 0 Å². The Balaban J connectivity index is 2.02. The first-order valence-corrected chi connectivity index (χ1v) is 5.33. The van der Waals surface area contributed by atoms with Crippen molar-refractivity contribution < 1.29 is 13.9 Å². The summed E-state index contributed by atoms with van der Waals surface area (Å²) in [5.41, 5.74) is 6.35. The van der Waals surface area contributed by atoms with Crippen molar-refractivity contribution in [1.29, 1.82) is 0 Å². The van der Waals surface area contributed by atoms with Crippen LogP contribution in [-0.2, 0) is 4.74 Å². The van der Waals surface area contributed by atoms with Gasteiger partial charge in [0, 0.05) is 19.6 Å². The Hall–Kier alpha value is -1.13. The van der Waals surface area contributed by atoms with Crippen molar-refractivity contribution in [3.8, 4) is 5.75 Å². The summed E-state index contributed by atoms with van der Waals surface area (Å²) in [4.78, 5) is 0. The first kappa shape index (κ1) is 11.4. The predicted molar refractivity (Wildman–Crippen MR) is 58.9 cm³/mol. The van der Waals surface area contributed by atoms with E-state index in [1.54, 1.807) is 26.2 Å². The van der Waals surface area contributed by atoms with Gasteiger partial charge in [0.2, 0.25) is 0 Å². The summed E-state index contributed by atoms with van der Waals surface area (Å²) in [6.45, 7) is 1.71. The summed E-state index contributed by atoms with van der Waals surface area (Å²) >= 11 is 0. The minimum atomic E-state index is -0.221. The number of rotatable bonds is 3. The Morgan fingerprint density at radius 2 is 2.19 bits per heavy atom. The molecule has 1 aliphatic carbocycles. The average Bonchev–Trinajstić information content (AvgIpc) is 2.23. The van der Waals surface area contributed by atoms with Crippen LogP contribution in [0, 0.1) is 12.7 Å². The minimum Gasteiger partial charge on any atom is -0.488 e. The molecule has 0 aliphatic heterocycles. The largest absolute Gasteiger partial charge is 0.488 e. The molecule has 0 aromatic heterocycles. The average molecular weight is 225 g/mol. The summed E-state index contributed by atoms with van der Waals surface area (Å²) < 4.78 is 23.9. The molecule has 4 heteroatoms. The summed E-state index contributed by atoms with van der Waals surface area (Å²) in [5.74, 6) is 0.443. The van der Waals surface area contributed by atoms with Crippen molar-refractivity contribution in [1.82, 2.24) is 0 Å². The lowest BCUT2D eigenvalue weighted by Gasteiger charge is -2.41. The molecule has 3 unspecified atom stereocenters. The summed E-state index contributed by atoms with van der Waals surface area (Å²) in [6, 6.07) is 4.76. The van der Waals surface area contributed by atoms with Gasteiger partial charge in [-0.3, -0.25) is 0 Å². The van der Waals surface area contributed by atoms with Gasteiger partial charge in [-0.1, -0.05) is 0 Å². The van der Waals surface area contributed by atoms with Crippen LogP contribution in [0.1, 0.15) is 12.0 Å². The quantitative estimate of drug-likeness (QED) is 0.850. The van der Waals surface area contributed by atoms with Crippen LogP contribution in [0.3, 0.4) is 0 Å². The van der Waals surface area contributed by atoms with Crippen molar-refractivity contribution in [2.24, 2.45) is 5.73 Å². The van der Waals surface area contributed by atoms with Crippen LogP contribution < -0.4 is 10.5 Å². The summed E-state index contributed by atoms with van der Waals surface area (Å²) in [5, 5.41) is 0. The number of halogens is 1. The highest BCUT2D eigenvalue weighted by Gasteiger charge is 2.40. The van der Waals surface area contributed by atoms with Crippen LogP contribution >= 0.6 is 0 Å². The van der Waals surface area contributed by atoms with Gasteiger partial charge < -0.3 is 15.2 Å². The second kappa shape index (κ2) is 4.39. The molecule has 1 aliphatic rings. The normalized spacial score (nSPS) is 28.6. The van der Waals surface area contributed by atoms with E-state index in [0.717, 1.165) is 6.42 Å². The molecule has 1 aromatic carbocycles. The smallest absolute Gasteiger partial charge is 0.128 e. The van der Waals surface area contributed by atoms with E-state index >= 15 is 0 Å². The van der Waals surface area contributed by atoms with Gasteiger partial charge in [-0.2, -0.15) is 0 Å². The molecule has 0 bridgehead atoms. The van der Waals surface area contributed by atoms with E-state index in [-0.39, 0.29) is 24.1 Å². The van der Waals surface area contributed by atoms with Crippen LogP contribution in [0.25, 0.3) is 0 Å². The van der Waals surface area contributed by atoms with Gasteiger partial charge in [0.05, 0.1) is 0 Å². The fourth-order valence-corrected chi connectivity index (χ4v) is 1.92. The third-order valence-electron chi connectivity index (χ3n) is 2.98. The maximum atomic E-state index is 13.0. The zero-order valence-electron chi connectivity index (χ0n) is 9.44. The molecule has 1 saturated carbocycles. The van der Waals surface area contributed by atoms with Gasteiger partial charge >= 0.3 is 0 Å². The lowest BCUT2D eigenvalue weighted by molar-refractivity contribution is -0.0782. The molecule has 1 aromatic rings. The molecule has 0 spiro atoms. The molecule has 88 valence electrons. The second-order valence-electron chi connectivity index (χ2n) is 4.17. The van der Waals surface area contributed by atoms with E-state index in [4.69, 9.17) is 15.2 Å². The van der Waals surface area contributed by atoms with E-state index in [9.17, 15) is 4.39 Å². The lowest BCUT2D eigenvalue weighted by atomic mass is 9.86. The molecule has 0 saturated heterocycles. The first-order chi connectivity index (χ1) is 7.61. The molecule has 0 heterocycles. The predicted octanol–water partition coefficient (Wildman–Crippen LogP) is 1.63. The maximum Gasteiger partial charge on any atom is 0.128 e. The minimum absolute atomic E-state index is 0.0233. The van der Waals surface area contributed by atoms with Crippen LogP contribution in [0.4, 0.5) is 4.39 Å². The Morgan fingerprint density at radius 3 is 2.75 bits per heavy atom. The molecule has 3 nitrogen and oxygen atoms in total. The van der Waals surface area contributed by atoms with E-state index in [1.165, 1.54) is 6.07 Å². The first-order valence-electron chi connectivity index (χ1n) is 5.33. The maximum absolute atomic E-state index is 13.0. The van der Waals surface area contributed by atoms with Crippen LogP contribution in [0.5, 0.6) is 5.75 Å². The van der Waals surface area contributed by atoms with E-state index in [2.05, 4.69) is 0 Å². The SMILES string of the molecule is COC1C(N)CC1Oc1ccc(F)c(C)c1. The fraction of sp³-hybridized carbons (Fsp3) is 0.500. The number of hydrogen-bond donors (Lipinski definition) is 1. The zero-order chi connectivity index (χ0) is 11.7. The van der Waals surface area contributed by atoms with E-state index in [0.29, 0.717) is 11.3 Å². The second-order valence-corrected chi connectivity index (χ2v) is 4.17. The van der Waals surface area contributed by atoms with Crippen molar-refractivity contribution in [3.63, 3.8) is 0 Å². The van der Waals surface area contributed by atoms with Gasteiger partial charge in [0.1, 0.15) is 23.8 Å². The number of benzene rings is 1. The van der Waals surface area contributed by atoms with Crippen LogP contribution in [0.15, 0.2) is 18.2 Å². The number of methoxy groups -OCH3 is 1. The number of nitrogens with two attached hydrogens (primary N) is 1. The molecule has 3 atom stereocenters. The van der Waals surface area contributed by atoms with Gasteiger partial charge in [-0.15, -0.1) is 0 Å². The number of ether oxygens (including phenoxy) is 2. The summed E-state index contributed by atoms with van der Waals surface area (Å²) in [6.07, 6.45) is 0.685. The van der Waals surface area contributed by atoms with Crippen molar-refractivity contribution in [3.05, 3.63) is 29.6 Å². The third-order valence-corrected chi connectivity index (χ3v) is 2.98. The molecule has 2 N–H and O–H groups in total. The van der Waals surface area contributed by atoms with Crippen LogP contribution in [0.2, 0.25) is 0 Å². The highest BCUT2D eigenvalue weighted by Crippen LogP contribution is 2.28. The highest BCUT2D eigenvalue weighted by molar-refractivity contribution is 5.29. The monoisotopic (exact) mass is 225 g/mol. The van der Waals surface area contributed by atoms with E-state index in [1.807, 2.05) is 0 Å². The molecule has 1 fully saturated rings. The fourth-order valence-electron chi connectivity index (χ4n) is 1.92. The topological polar surface area (TPSA) is 44.5 Å². The van der Waals surface area contributed by atoms with Gasteiger partial charge in [-0.05, 0) is 30.7 Å². The Labute approximate surface area is 94.3 Å². The Bertz CT molecular complexity index is 383. The molecular formula is C12H16FNO2. The standard InChI is InChI=1S/C12H16FNO2/c1-7-5-8(3-4-9(7)13)16-11-6-10(14)12(11)15-2/h3-5,10-12H,6,14H2,1-2H3. The molecule has 0 amide bonds. The van der Waals surface area contributed by atoms with E-state index < -0.39 is 0 Å². The van der Waals surface area contributed by atoms with Gasteiger partial charge in [0.25, 0.3) is 0 Å². The Morgan fingerprint density at radius 1 is 1.44 bits per heavy atom. The third kappa shape index (κ3) is 2.03. The van der Waals surface area contributed by atoms with Crippen molar-refractivity contribution in [2.45, 2.75) is 31.6 Å². The highest BCUT2D eigenvalue weighted by atomic mass is 19.1. The molecule has 2 rings (SSSR count). The molecule has 16 heavy (non-hydrogen) atoms. The molecule has 0 radical (unpaired) electrons. The number of hydrogen-bond acceptors (Lipinski definition) is 3.